The number of aliphatic hydroxyl groups is 1. The molecule has 0 aliphatic carbocycles. The van der Waals surface area contributed by atoms with E-state index < -0.39 is 0 Å². The number of halogens is 1. The maximum Gasteiger partial charge on any atom is 0.141 e. The molecule has 1 rings (SSSR count). The van der Waals surface area contributed by atoms with Crippen LogP contribution < -0.4 is 0 Å². The minimum Gasteiger partial charge on any atom is -0.396 e. The summed E-state index contributed by atoms with van der Waals surface area (Å²) in [7, 11) is 0. The van der Waals surface area contributed by atoms with Crippen molar-refractivity contribution in [2.45, 2.75) is 11.4 Å². The Balaban J connectivity index is 2.37. The van der Waals surface area contributed by atoms with E-state index in [9.17, 15) is 4.39 Å². The second kappa shape index (κ2) is 5.11. The number of aliphatic hydroxyl groups excluding tert-OH is 1. The smallest absolute Gasteiger partial charge is 0.141 e. The Hall–Kier alpha value is -0.610. The third-order valence-corrected chi connectivity index (χ3v) is 2.28. The minimum atomic E-state index is -0.318. The first-order valence-corrected chi connectivity index (χ1v) is 4.66. The topological polar surface area (TPSA) is 33.1 Å². The van der Waals surface area contributed by atoms with E-state index >= 15 is 0 Å². The third kappa shape index (κ3) is 3.19. The highest BCUT2D eigenvalue weighted by Crippen LogP contribution is 2.15. The van der Waals surface area contributed by atoms with Gasteiger partial charge < -0.3 is 5.11 Å². The SMILES string of the molecule is OCCCSc1ccc(F)cn1. The molecule has 1 N–H and O–H groups in total. The molecule has 66 valence electrons. The average molecular weight is 187 g/mol. The quantitative estimate of drug-likeness (QED) is 0.575. The van der Waals surface area contributed by atoms with E-state index in [1.807, 2.05) is 0 Å². The molecule has 2 nitrogen and oxygen atoms in total. The monoisotopic (exact) mass is 187 g/mol. The van der Waals surface area contributed by atoms with Crippen molar-refractivity contribution in [3.8, 4) is 0 Å². The summed E-state index contributed by atoms with van der Waals surface area (Å²) in [5.74, 6) is 0.497. The van der Waals surface area contributed by atoms with E-state index in [-0.39, 0.29) is 12.4 Å². The van der Waals surface area contributed by atoms with Gasteiger partial charge >= 0.3 is 0 Å². The zero-order valence-corrected chi connectivity index (χ0v) is 7.35. The molecule has 0 aromatic carbocycles. The Bertz CT molecular complexity index is 227. The number of hydrogen-bond donors (Lipinski definition) is 1. The van der Waals surface area contributed by atoms with Crippen molar-refractivity contribution in [2.75, 3.05) is 12.4 Å². The van der Waals surface area contributed by atoms with Gasteiger partial charge in [-0.3, -0.25) is 0 Å². The van der Waals surface area contributed by atoms with Crippen LogP contribution in [0.3, 0.4) is 0 Å². The van der Waals surface area contributed by atoms with Crippen molar-refractivity contribution in [3.63, 3.8) is 0 Å². The molecular formula is C8H10FNOS. The lowest BCUT2D eigenvalue weighted by Gasteiger charge is -1.97. The van der Waals surface area contributed by atoms with Crippen molar-refractivity contribution in [1.82, 2.24) is 4.98 Å². The van der Waals surface area contributed by atoms with E-state index in [2.05, 4.69) is 4.98 Å². The van der Waals surface area contributed by atoms with Crippen LogP contribution in [0.4, 0.5) is 4.39 Å². The maximum atomic E-state index is 12.4. The fraction of sp³-hybridized carbons (Fsp3) is 0.375. The maximum absolute atomic E-state index is 12.4. The molecule has 0 bridgehead atoms. The van der Waals surface area contributed by atoms with Crippen LogP contribution >= 0.6 is 11.8 Å². The van der Waals surface area contributed by atoms with E-state index in [4.69, 9.17) is 5.11 Å². The lowest BCUT2D eigenvalue weighted by molar-refractivity contribution is 0.296. The predicted molar refractivity (Wildman–Crippen MR) is 46.6 cm³/mol. The first kappa shape index (κ1) is 9.48. The number of rotatable bonds is 4. The number of aromatic nitrogens is 1. The van der Waals surface area contributed by atoms with Crippen molar-refractivity contribution in [1.29, 1.82) is 0 Å². The summed E-state index contributed by atoms with van der Waals surface area (Å²) in [5, 5.41) is 9.29. The van der Waals surface area contributed by atoms with Gasteiger partial charge in [-0.25, -0.2) is 9.37 Å². The fourth-order valence-electron chi connectivity index (χ4n) is 0.689. The molecule has 0 aliphatic rings. The van der Waals surface area contributed by atoms with E-state index in [0.717, 1.165) is 17.2 Å². The van der Waals surface area contributed by atoms with Crippen molar-refractivity contribution < 1.29 is 9.50 Å². The van der Waals surface area contributed by atoms with Crippen LogP contribution in [-0.4, -0.2) is 22.5 Å². The van der Waals surface area contributed by atoms with Gasteiger partial charge in [0.1, 0.15) is 5.82 Å². The summed E-state index contributed by atoms with van der Waals surface area (Å²) in [5.41, 5.74) is 0. The second-order valence-corrected chi connectivity index (χ2v) is 3.36. The molecule has 1 aromatic rings. The largest absolute Gasteiger partial charge is 0.396 e. The molecule has 0 fully saturated rings. The van der Waals surface area contributed by atoms with Crippen molar-refractivity contribution >= 4 is 11.8 Å². The number of thioether (sulfide) groups is 1. The molecule has 0 saturated carbocycles. The molecule has 4 heteroatoms. The van der Waals surface area contributed by atoms with Gasteiger partial charge in [0.2, 0.25) is 0 Å². The normalized spacial score (nSPS) is 10.2. The molecule has 0 aliphatic heterocycles. The van der Waals surface area contributed by atoms with Crippen LogP contribution in [0.25, 0.3) is 0 Å². The minimum absolute atomic E-state index is 0.189. The van der Waals surface area contributed by atoms with Gasteiger partial charge in [-0.1, -0.05) is 0 Å². The summed E-state index contributed by atoms with van der Waals surface area (Å²) < 4.78 is 12.4. The molecule has 0 radical (unpaired) electrons. The van der Waals surface area contributed by atoms with Crippen molar-refractivity contribution in [2.24, 2.45) is 0 Å². The molecule has 0 unspecified atom stereocenters. The van der Waals surface area contributed by atoms with Crippen LogP contribution in [0, 0.1) is 5.82 Å². The van der Waals surface area contributed by atoms with E-state index in [0.29, 0.717) is 0 Å². The molecule has 1 aromatic heterocycles. The fourth-order valence-corrected chi connectivity index (χ4v) is 1.46. The first-order chi connectivity index (χ1) is 5.83. The Morgan fingerprint density at radius 1 is 1.50 bits per heavy atom. The lowest BCUT2D eigenvalue weighted by atomic mass is 10.5. The summed E-state index contributed by atoms with van der Waals surface area (Å²) in [6.07, 6.45) is 1.94. The molecule has 0 spiro atoms. The Labute approximate surface area is 74.8 Å². The zero-order valence-electron chi connectivity index (χ0n) is 6.53. The highest BCUT2D eigenvalue weighted by atomic mass is 32.2. The Morgan fingerprint density at radius 3 is 2.92 bits per heavy atom. The summed E-state index contributed by atoms with van der Waals surface area (Å²) in [4.78, 5) is 3.86. The van der Waals surface area contributed by atoms with Gasteiger partial charge in [0.25, 0.3) is 0 Å². The standard InChI is InChI=1S/C8H10FNOS/c9-7-2-3-8(10-6-7)12-5-1-4-11/h2-3,6,11H,1,4-5H2. The number of hydrogen-bond acceptors (Lipinski definition) is 3. The third-order valence-electron chi connectivity index (χ3n) is 1.25. The molecule has 1 heterocycles. The summed E-state index contributed by atoms with van der Waals surface area (Å²) in [6.45, 7) is 0.189. The first-order valence-electron chi connectivity index (χ1n) is 3.68. The molecular weight excluding hydrogens is 177 g/mol. The van der Waals surface area contributed by atoms with Gasteiger partial charge in [0.15, 0.2) is 0 Å². The highest BCUT2D eigenvalue weighted by molar-refractivity contribution is 7.99. The van der Waals surface area contributed by atoms with Crippen LogP contribution in [0.2, 0.25) is 0 Å². The van der Waals surface area contributed by atoms with Crippen LogP contribution in [-0.2, 0) is 0 Å². The predicted octanol–water partition coefficient (Wildman–Crippen LogP) is 1.70. The van der Waals surface area contributed by atoms with Crippen molar-refractivity contribution in [3.05, 3.63) is 24.1 Å². The van der Waals surface area contributed by atoms with E-state index in [1.165, 1.54) is 24.0 Å². The van der Waals surface area contributed by atoms with Gasteiger partial charge in [-0.15, -0.1) is 11.8 Å². The Kier molecular flexibility index (Phi) is 4.04. The lowest BCUT2D eigenvalue weighted by Crippen LogP contribution is -1.87. The van der Waals surface area contributed by atoms with Crippen LogP contribution in [0.5, 0.6) is 0 Å². The molecule has 0 saturated heterocycles. The second-order valence-electron chi connectivity index (χ2n) is 2.24. The highest BCUT2D eigenvalue weighted by Gasteiger charge is 1.95. The molecule has 0 amide bonds. The number of pyridine rings is 1. The van der Waals surface area contributed by atoms with E-state index in [1.54, 1.807) is 6.07 Å². The van der Waals surface area contributed by atoms with Gasteiger partial charge in [0, 0.05) is 12.4 Å². The molecule has 0 atom stereocenters. The van der Waals surface area contributed by atoms with Crippen LogP contribution in [0.1, 0.15) is 6.42 Å². The van der Waals surface area contributed by atoms with Gasteiger partial charge in [0.05, 0.1) is 11.2 Å². The van der Waals surface area contributed by atoms with Gasteiger partial charge in [-0.2, -0.15) is 0 Å². The summed E-state index contributed by atoms with van der Waals surface area (Å²) >= 11 is 1.52. The Morgan fingerprint density at radius 2 is 2.33 bits per heavy atom. The van der Waals surface area contributed by atoms with Crippen LogP contribution in [0.15, 0.2) is 23.4 Å². The average Bonchev–Trinajstić information content (AvgIpc) is 2.09. The zero-order chi connectivity index (χ0) is 8.81. The number of nitrogens with zero attached hydrogens (tertiary/aromatic N) is 1. The summed E-state index contributed by atoms with van der Waals surface area (Å²) in [6, 6.07) is 3.02. The van der Waals surface area contributed by atoms with Gasteiger partial charge in [-0.05, 0) is 18.6 Å². The molecule has 12 heavy (non-hydrogen) atoms.